The van der Waals surface area contributed by atoms with Crippen LogP contribution in [0.4, 0.5) is 5.69 Å². The Hall–Kier alpha value is -2.53. The van der Waals surface area contributed by atoms with Gasteiger partial charge in [0.2, 0.25) is 0 Å². The highest BCUT2D eigenvalue weighted by Gasteiger charge is 2.46. The first-order valence-corrected chi connectivity index (χ1v) is 9.85. The Labute approximate surface area is 160 Å². The number of nitrogens with zero attached hydrogens (tertiary/aromatic N) is 3. The highest BCUT2D eigenvalue weighted by Crippen LogP contribution is 2.39. The number of benzene rings is 2. The molecule has 0 aliphatic carbocycles. The highest BCUT2D eigenvalue weighted by molar-refractivity contribution is 6.06. The molecule has 27 heavy (non-hydrogen) atoms. The molecule has 1 fully saturated rings. The molecule has 1 spiro atoms. The number of aryl methyl sites for hydroxylation is 1. The summed E-state index contributed by atoms with van der Waals surface area (Å²) in [6.45, 7) is 6.77. The molecule has 3 aliphatic heterocycles. The van der Waals surface area contributed by atoms with Gasteiger partial charge >= 0.3 is 0 Å². The number of para-hydroxylation sites is 1. The van der Waals surface area contributed by atoms with E-state index in [0.717, 1.165) is 57.0 Å². The zero-order valence-corrected chi connectivity index (χ0v) is 15.8. The molecule has 2 N–H and O–H groups in total. The summed E-state index contributed by atoms with van der Waals surface area (Å²) >= 11 is 0. The van der Waals surface area contributed by atoms with E-state index < -0.39 is 0 Å². The van der Waals surface area contributed by atoms with Gasteiger partial charge in [-0.15, -0.1) is 0 Å². The number of fused-ring (bicyclic) bond motifs is 4. The van der Waals surface area contributed by atoms with Crippen LogP contribution in [0, 0.1) is 6.92 Å². The van der Waals surface area contributed by atoms with Crippen LogP contribution in [-0.2, 0) is 6.54 Å². The van der Waals surface area contributed by atoms with Crippen molar-refractivity contribution in [3.63, 3.8) is 0 Å². The molecule has 140 valence electrons. The van der Waals surface area contributed by atoms with Gasteiger partial charge in [0.15, 0.2) is 0 Å². The number of amidine groups is 1. The van der Waals surface area contributed by atoms with E-state index in [1.54, 1.807) is 0 Å². The normalized spacial score (nSPS) is 20.8. The second-order valence-electron chi connectivity index (χ2n) is 7.97. The molecule has 5 heteroatoms. The number of nitrogens with one attached hydrogen (secondary N) is 1. The predicted octanol–water partition coefficient (Wildman–Crippen LogP) is 3.18. The molecule has 0 atom stereocenters. The van der Waals surface area contributed by atoms with Crippen LogP contribution < -0.4 is 5.32 Å². The number of piperidine rings is 1. The zero-order chi connectivity index (χ0) is 18.4. The van der Waals surface area contributed by atoms with Crippen molar-refractivity contribution in [1.29, 1.82) is 0 Å². The van der Waals surface area contributed by atoms with Crippen molar-refractivity contribution in [3.8, 4) is 5.75 Å². The smallest absolute Gasteiger partial charge is 0.134 e. The van der Waals surface area contributed by atoms with Gasteiger partial charge in [-0.05, 0) is 25.1 Å². The van der Waals surface area contributed by atoms with Crippen molar-refractivity contribution >= 4 is 11.5 Å². The quantitative estimate of drug-likeness (QED) is 0.862. The molecule has 1 saturated heterocycles. The van der Waals surface area contributed by atoms with E-state index >= 15 is 0 Å². The van der Waals surface area contributed by atoms with Crippen molar-refractivity contribution in [2.24, 2.45) is 4.99 Å². The van der Waals surface area contributed by atoms with Crippen LogP contribution in [0.25, 0.3) is 0 Å². The molecule has 5 rings (SSSR count). The summed E-state index contributed by atoms with van der Waals surface area (Å²) in [4.78, 5) is 9.76. The summed E-state index contributed by atoms with van der Waals surface area (Å²) in [6, 6.07) is 14.4. The predicted molar refractivity (Wildman–Crippen MR) is 108 cm³/mol. The summed E-state index contributed by atoms with van der Waals surface area (Å²) in [5, 5.41) is 14.0. The van der Waals surface area contributed by atoms with Crippen LogP contribution in [0.15, 0.2) is 47.5 Å². The fraction of sp³-hybridized carbons (Fsp3) is 0.409. The molecular formula is C22H26N4O. The molecule has 5 nitrogen and oxygen atoms in total. The average Bonchev–Trinajstić information content (AvgIpc) is 3.18. The van der Waals surface area contributed by atoms with Crippen molar-refractivity contribution in [3.05, 3.63) is 59.2 Å². The monoisotopic (exact) mass is 362 g/mol. The number of anilines is 1. The lowest BCUT2D eigenvalue weighted by Crippen LogP contribution is -2.63. The topological polar surface area (TPSA) is 51.1 Å². The second-order valence-corrected chi connectivity index (χ2v) is 7.97. The van der Waals surface area contributed by atoms with Crippen LogP contribution in [0.2, 0.25) is 0 Å². The van der Waals surface area contributed by atoms with E-state index in [2.05, 4.69) is 52.4 Å². The number of phenolic OH excluding ortho intramolecular Hbond substituents is 1. The number of aromatic hydroxyl groups is 1. The number of aliphatic imine (C=N–C) groups is 1. The molecule has 2 aromatic rings. The first kappa shape index (κ1) is 16.6. The fourth-order valence-electron chi connectivity index (χ4n) is 4.76. The van der Waals surface area contributed by atoms with Gasteiger partial charge in [0.1, 0.15) is 17.2 Å². The first-order valence-electron chi connectivity index (χ1n) is 9.85. The van der Waals surface area contributed by atoms with Crippen molar-refractivity contribution in [1.82, 2.24) is 9.80 Å². The Bertz CT molecular complexity index is 899. The largest absolute Gasteiger partial charge is 0.508 e. The molecule has 0 bridgehead atoms. The van der Waals surface area contributed by atoms with Gasteiger partial charge < -0.3 is 15.3 Å². The van der Waals surface area contributed by atoms with Gasteiger partial charge in [-0.2, -0.15) is 0 Å². The Kier molecular flexibility index (Phi) is 3.86. The lowest BCUT2D eigenvalue weighted by atomic mass is 9.90. The Balaban J connectivity index is 1.35. The standard InChI is InChI=1S/C22H26N4O/c1-16-6-7-20(27)17(14-16)15-25-11-8-22(9-12-25)24-19-5-3-2-4-18(19)21-23-10-13-26(21)22/h2-7,14,24,27H,8-13,15H2,1H3. The fourth-order valence-corrected chi connectivity index (χ4v) is 4.76. The summed E-state index contributed by atoms with van der Waals surface area (Å²) in [7, 11) is 0. The number of likely N-dealkylation sites (tertiary alicyclic amines) is 1. The number of hydrogen-bond acceptors (Lipinski definition) is 5. The molecule has 0 unspecified atom stereocenters. The van der Waals surface area contributed by atoms with E-state index in [-0.39, 0.29) is 5.66 Å². The second kappa shape index (κ2) is 6.27. The minimum absolute atomic E-state index is 0.0329. The van der Waals surface area contributed by atoms with Gasteiger partial charge in [0.25, 0.3) is 0 Å². The first-order chi connectivity index (χ1) is 13.1. The van der Waals surface area contributed by atoms with E-state index in [4.69, 9.17) is 4.99 Å². The molecule has 0 radical (unpaired) electrons. The minimum Gasteiger partial charge on any atom is -0.508 e. The number of hydrogen-bond donors (Lipinski definition) is 2. The molecule has 3 aliphatic rings. The average molecular weight is 362 g/mol. The third-order valence-corrected chi connectivity index (χ3v) is 6.21. The van der Waals surface area contributed by atoms with Crippen LogP contribution >= 0.6 is 0 Å². The third kappa shape index (κ3) is 2.77. The van der Waals surface area contributed by atoms with Gasteiger partial charge in [-0.1, -0.05) is 29.8 Å². The zero-order valence-electron chi connectivity index (χ0n) is 15.8. The molecule has 0 saturated carbocycles. The van der Waals surface area contributed by atoms with Crippen LogP contribution in [0.5, 0.6) is 5.75 Å². The lowest BCUT2D eigenvalue weighted by Gasteiger charge is -2.52. The summed E-state index contributed by atoms with van der Waals surface area (Å²) < 4.78 is 0. The maximum absolute atomic E-state index is 10.2. The molecule has 0 aromatic heterocycles. The van der Waals surface area contributed by atoms with E-state index in [0.29, 0.717) is 5.75 Å². The van der Waals surface area contributed by atoms with Crippen molar-refractivity contribution in [2.45, 2.75) is 32.0 Å². The summed E-state index contributed by atoms with van der Waals surface area (Å²) in [5.74, 6) is 1.56. The highest BCUT2D eigenvalue weighted by atomic mass is 16.3. The van der Waals surface area contributed by atoms with E-state index in [1.807, 2.05) is 12.1 Å². The molecular weight excluding hydrogens is 336 g/mol. The lowest BCUT2D eigenvalue weighted by molar-refractivity contribution is 0.0891. The van der Waals surface area contributed by atoms with Gasteiger partial charge in [0.05, 0.1) is 6.54 Å². The van der Waals surface area contributed by atoms with E-state index in [9.17, 15) is 5.11 Å². The third-order valence-electron chi connectivity index (χ3n) is 6.21. The van der Waals surface area contributed by atoms with Gasteiger partial charge in [0, 0.05) is 55.8 Å². The summed E-state index contributed by atoms with van der Waals surface area (Å²) in [5.41, 5.74) is 4.62. The maximum atomic E-state index is 10.2. The maximum Gasteiger partial charge on any atom is 0.134 e. The Morgan fingerprint density at radius 3 is 2.78 bits per heavy atom. The van der Waals surface area contributed by atoms with Crippen LogP contribution in [-0.4, -0.2) is 52.6 Å². The minimum atomic E-state index is -0.0329. The van der Waals surface area contributed by atoms with Crippen molar-refractivity contribution < 1.29 is 5.11 Å². The Morgan fingerprint density at radius 1 is 1.11 bits per heavy atom. The number of rotatable bonds is 2. The molecule has 0 amide bonds. The summed E-state index contributed by atoms with van der Waals surface area (Å²) in [6.07, 6.45) is 2.10. The SMILES string of the molecule is Cc1ccc(O)c(CN2CCC3(CC2)Nc2ccccc2C2=NCCN23)c1. The molecule has 2 aromatic carbocycles. The number of phenols is 1. The van der Waals surface area contributed by atoms with Crippen LogP contribution in [0.1, 0.15) is 29.5 Å². The van der Waals surface area contributed by atoms with E-state index in [1.165, 1.54) is 16.8 Å². The van der Waals surface area contributed by atoms with Crippen molar-refractivity contribution in [2.75, 3.05) is 31.5 Å². The Morgan fingerprint density at radius 2 is 1.93 bits per heavy atom. The van der Waals surface area contributed by atoms with Crippen LogP contribution in [0.3, 0.4) is 0 Å². The van der Waals surface area contributed by atoms with Gasteiger partial charge in [-0.25, -0.2) is 0 Å². The van der Waals surface area contributed by atoms with Gasteiger partial charge in [-0.3, -0.25) is 9.89 Å². The molecule has 3 heterocycles.